The van der Waals surface area contributed by atoms with Crippen LogP contribution in [0.2, 0.25) is 0 Å². The molecule has 6 heteroatoms. The van der Waals surface area contributed by atoms with Gasteiger partial charge in [0.05, 0.1) is 6.20 Å². The third-order valence-corrected chi connectivity index (χ3v) is 3.02. The molecule has 0 aliphatic heterocycles. The van der Waals surface area contributed by atoms with Gasteiger partial charge in [-0.15, -0.1) is 0 Å². The van der Waals surface area contributed by atoms with Crippen LogP contribution in [0.1, 0.15) is 10.5 Å². The van der Waals surface area contributed by atoms with Crippen LogP contribution in [-0.4, -0.2) is 25.9 Å². The SMILES string of the molecule is O=Cc1ccc2ncc(-c3nc4ccccc4o3)n2n1. The lowest BCUT2D eigenvalue weighted by Gasteiger charge is -1.96. The molecule has 0 amide bonds. The number of para-hydroxylation sites is 2. The summed E-state index contributed by atoms with van der Waals surface area (Å²) in [6.45, 7) is 0. The molecule has 6 nitrogen and oxygen atoms in total. The number of carbonyl (C=O) groups is 1. The molecule has 3 aromatic heterocycles. The van der Waals surface area contributed by atoms with Crippen molar-refractivity contribution in [1.82, 2.24) is 19.6 Å². The van der Waals surface area contributed by atoms with E-state index in [-0.39, 0.29) is 0 Å². The molecule has 96 valence electrons. The lowest BCUT2D eigenvalue weighted by atomic mass is 10.3. The van der Waals surface area contributed by atoms with Gasteiger partial charge in [-0.05, 0) is 24.3 Å². The number of imidazole rings is 1. The highest BCUT2D eigenvalue weighted by molar-refractivity contribution is 5.76. The summed E-state index contributed by atoms with van der Waals surface area (Å²) < 4.78 is 7.24. The number of aromatic nitrogens is 4. The number of fused-ring (bicyclic) bond motifs is 2. The molecule has 0 unspecified atom stereocenters. The van der Waals surface area contributed by atoms with E-state index in [4.69, 9.17) is 4.42 Å². The fourth-order valence-electron chi connectivity index (χ4n) is 2.08. The maximum Gasteiger partial charge on any atom is 0.248 e. The third-order valence-electron chi connectivity index (χ3n) is 3.02. The van der Waals surface area contributed by atoms with Crippen LogP contribution in [-0.2, 0) is 0 Å². The van der Waals surface area contributed by atoms with E-state index >= 15 is 0 Å². The van der Waals surface area contributed by atoms with Crippen LogP contribution >= 0.6 is 0 Å². The second kappa shape index (κ2) is 3.99. The largest absolute Gasteiger partial charge is 0.435 e. The lowest BCUT2D eigenvalue weighted by molar-refractivity contribution is 0.111. The van der Waals surface area contributed by atoms with Crippen molar-refractivity contribution in [2.24, 2.45) is 0 Å². The number of carbonyl (C=O) groups excluding carboxylic acids is 1. The third kappa shape index (κ3) is 1.51. The van der Waals surface area contributed by atoms with Gasteiger partial charge < -0.3 is 4.42 Å². The molecule has 0 bridgehead atoms. The molecule has 0 saturated heterocycles. The average molecular weight is 264 g/mol. The number of hydrogen-bond donors (Lipinski definition) is 0. The Kier molecular flexibility index (Phi) is 2.17. The zero-order valence-corrected chi connectivity index (χ0v) is 10.2. The minimum Gasteiger partial charge on any atom is -0.435 e. The lowest BCUT2D eigenvalue weighted by Crippen LogP contribution is -1.98. The molecule has 0 aliphatic carbocycles. The summed E-state index contributed by atoms with van der Waals surface area (Å²) in [7, 11) is 0. The van der Waals surface area contributed by atoms with Crippen LogP contribution in [0.4, 0.5) is 0 Å². The van der Waals surface area contributed by atoms with Gasteiger partial charge in [0.1, 0.15) is 16.9 Å². The molecule has 4 aromatic rings. The summed E-state index contributed by atoms with van der Waals surface area (Å²) >= 11 is 0. The van der Waals surface area contributed by atoms with Gasteiger partial charge in [-0.2, -0.15) is 5.10 Å². The van der Waals surface area contributed by atoms with E-state index in [9.17, 15) is 4.79 Å². The summed E-state index contributed by atoms with van der Waals surface area (Å²) in [5, 5.41) is 4.19. The maximum atomic E-state index is 10.8. The van der Waals surface area contributed by atoms with Gasteiger partial charge in [-0.3, -0.25) is 4.79 Å². The molecule has 0 fully saturated rings. The second-order valence-corrected chi connectivity index (χ2v) is 4.28. The zero-order chi connectivity index (χ0) is 13.5. The number of nitrogens with zero attached hydrogens (tertiary/aromatic N) is 4. The molecule has 0 atom stereocenters. The van der Waals surface area contributed by atoms with Crippen LogP contribution in [0.15, 0.2) is 47.0 Å². The van der Waals surface area contributed by atoms with E-state index in [0.717, 1.165) is 5.52 Å². The highest BCUT2D eigenvalue weighted by Gasteiger charge is 2.14. The summed E-state index contributed by atoms with van der Waals surface area (Å²) in [5.41, 5.74) is 3.04. The Labute approximate surface area is 112 Å². The second-order valence-electron chi connectivity index (χ2n) is 4.28. The summed E-state index contributed by atoms with van der Waals surface area (Å²) in [6.07, 6.45) is 2.32. The van der Waals surface area contributed by atoms with Crippen LogP contribution in [0.3, 0.4) is 0 Å². The van der Waals surface area contributed by atoms with Crippen molar-refractivity contribution >= 4 is 23.0 Å². The molecule has 0 N–H and O–H groups in total. The zero-order valence-electron chi connectivity index (χ0n) is 10.2. The Hall–Kier alpha value is -3.02. The van der Waals surface area contributed by atoms with Crippen molar-refractivity contribution in [3.8, 4) is 11.6 Å². The summed E-state index contributed by atoms with van der Waals surface area (Å²) in [6, 6.07) is 10.8. The molecular formula is C14H8N4O2. The Morgan fingerprint density at radius 2 is 2.05 bits per heavy atom. The smallest absolute Gasteiger partial charge is 0.248 e. The normalized spacial score (nSPS) is 11.2. The Morgan fingerprint density at radius 1 is 1.15 bits per heavy atom. The molecule has 0 radical (unpaired) electrons. The van der Waals surface area contributed by atoms with Gasteiger partial charge in [0.2, 0.25) is 5.89 Å². The van der Waals surface area contributed by atoms with Crippen LogP contribution in [0, 0.1) is 0 Å². The Bertz CT molecular complexity index is 906. The summed E-state index contributed by atoms with van der Waals surface area (Å²) in [5.74, 6) is 0.425. The van der Waals surface area contributed by atoms with Crippen LogP contribution < -0.4 is 0 Å². The number of hydrogen-bond acceptors (Lipinski definition) is 5. The van der Waals surface area contributed by atoms with E-state index < -0.39 is 0 Å². The number of oxazole rings is 1. The van der Waals surface area contributed by atoms with E-state index in [2.05, 4.69) is 15.1 Å². The molecule has 0 saturated carbocycles. The first-order valence-corrected chi connectivity index (χ1v) is 6.01. The van der Waals surface area contributed by atoms with Crippen molar-refractivity contribution in [3.05, 3.63) is 48.3 Å². The number of rotatable bonds is 2. The molecule has 0 aliphatic rings. The number of benzene rings is 1. The van der Waals surface area contributed by atoms with E-state index in [1.165, 1.54) is 0 Å². The first-order chi connectivity index (χ1) is 9.85. The fourth-order valence-corrected chi connectivity index (χ4v) is 2.08. The molecule has 20 heavy (non-hydrogen) atoms. The fraction of sp³-hybridized carbons (Fsp3) is 0. The average Bonchev–Trinajstić information content (AvgIpc) is 3.09. The van der Waals surface area contributed by atoms with Crippen LogP contribution in [0.25, 0.3) is 28.3 Å². The maximum absolute atomic E-state index is 10.8. The van der Waals surface area contributed by atoms with Gasteiger partial charge >= 0.3 is 0 Å². The van der Waals surface area contributed by atoms with Crippen molar-refractivity contribution in [2.45, 2.75) is 0 Å². The van der Waals surface area contributed by atoms with E-state index in [1.54, 1.807) is 22.8 Å². The van der Waals surface area contributed by atoms with Gasteiger partial charge in [0, 0.05) is 0 Å². The minimum absolute atomic E-state index is 0.327. The molecular weight excluding hydrogens is 256 g/mol. The highest BCUT2D eigenvalue weighted by Crippen LogP contribution is 2.24. The van der Waals surface area contributed by atoms with Gasteiger partial charge in [0.15, 0.2) is 17.5 Å². The quantitative estimate of drug-likeness (QED) is 0.519. The summed E-state index contributed by atoms with van der Waals surface area (Å²) in [4.78, 5) is 19.5. The van der Waals surface area contributed by atoms with Crippen molar-refractivity contribution < 1.29 is 9.21 Å². The van der Waals surface area contributed by atoms with Gasteiger partial charge in [0.25, 0.3) is 0 Å². The molecule has 4 rings (SSSR count). The predicted octanol–water partition coefficient (Wildman–Crippen LogP) is 2.35. The van der Waals surface area contributed by atoms with E-state index in [0.29, 0.717) is 34.8 Å². The van der Waals surface area contributed by atoms with Gasteiger partial charge in [-0.1, -0.05) is 12.1 Å². The number of aldehydes is 1. The van der Waals surface area contributed by atoms with Crippen molar-refractivity contribution in [2.75, 3.05) is 0 Å². The molecule has 1 aromatic carbocycles. The Morgan fingerprint density at radius 3 is 2.90 bits per heavy atom. The van der Waals surface area contributed by atoms with Crippen molar-refractivity contribution in [3.63, 3.8) is 0 Å². The standard InChI is InChI=1S/C14H8N4O2/c19-8-9-5-6-13-15-7-11(18(13)17-9)14-16-10-3-1-2-4-12(10)20-14/h1-8H. The highest BCUT2D eigenvalue weighted by atomic mass is 16.3. The van der Waals surface area contributed by atoms with Crippen molar-refractivity contribution in [1.29, 1.82) is 0 Å². The topological polar surface area (TPSA) is 73.3 Å². The molecule has 0 spiro atoms. The first kappa shape index (κ1) is 10.9. The molecule has 3 heterocycles. The first-order valence-electron chi connectivity index (χ1n) is 6.01. The van der Waals surface area contributed by atoms with E-state index in [1.807, 2.05) is 24.3 Å². The van der Waals surface area contributed by atoms with Gasteiger partial charge in [-0.25, -0.2) is 14.5 Å². The minimum atomic E-state index is 0.327. The predicted molar refractivity (Wildman–Crippen MR) is 71.4 cm³/mol. The van der Waals surface area contributed by atoms with Crippen LogP contribution in [0.5, 0.6) is 0 Å². The Balaban J connectivity index is 1.98. The monoisotopic (exact) mass is 264 g/mol.